The van der Waals surface area contributed by atoms with Crippen molar-refractivity contribution in [3.05, 3.63) is 30.1 Å². The first-order valence-electron chi connectivity index (χ1n) is 7.72. The molecule has 118 valence electrons. The van der Waals surface area contributed by atoms with Crippen LogP contribution in [0.2, 0.25) is 0 Å². The monoisotopic (exact) mass is 313 g/mol. The number of benzene rings is 1. The van der Waals surface area contributed by atoms with Crippen LogP contribution in [0.15, 0.2) is 29.2 Å². The lowest BCUT2D eigenvalue weighted by Crippen LogP contribution is -2.48. The predicted octanol–water partition coefficient (Wildman–Crippen LogP) is 3.16. The zero-order valence-corrected chi connectivity index (χ0v) is 13.5. The Balaban J connectivity index is 2.36. The first kappa shape index (κ1) is 16.4. The van der Waals surface area contributed by atoms with Gasteiger partial charge in [-0.25, -0.2) is 12.8 Å². The highest BCUT2D eigenvalue weighted by molar-refractivity contribution is 7.92. The fourth-order valence-electron chi connectivity index (χ4n) is 3.26. The molecule has 3 atom stereocenters. The Morgan fingerprint density at radius 2 is 1.95 bits per heavy atom. The van der Waals surface area contributed by atoms with Gasteiger partial charge in [0, 0.05) is 6.04 Å². The van der Waals surface area contributed by atoms with E-state index in [9.17, 15) is 12.8 Å². The van der Waals surface area contributed by atoms with Gasteiger partial charge in [0.05, 0.1) is 5.25 Å². The summed E-state index contributed by atoms with van der Waals surface area (Å²) >= 11 is 0. The van der Waals surface area contributed by atoms with Crippen molar-refractivity contribution < 1.29 is 12.8 Å². The van der Waals surface area contributed by atoms with Crippen molar-refractivity contribution in [3.8, 4) is 0 Å². The van der Waals surface area contributed by atoms with E-state index in [0.717, 1.165) is 25.8 Å². The molecule has 21 heavy (non-hydrogen) atoms. The molecular formula is C16H24FNO2S. The van der Waals surface area contributed by atoms with E-state index in [0.29, 0.717) is 12.3 Å². The lowest BCUT2D eigenvalue weighted by Gasteiger charge is -2.36. The molecule has 0 heterocycles. The normalized spacial score (nSPS) is 26.7. The summed E-state index contributed by atoms with van der Waals surface area (Å²) in [4.78, 5) is -0.158. The van der Waals surface area contributed by atoms with E-state index in [1.807, 2.05) is 6.92 Å². The quantitative estimate of drug-likeness (QED) is 0.908. The molecule has 0 saturated heterocycles. The van der Waals surface area contributed by atoms with E-state index < -0.39 is 20.9 Å². The van der Waals surface area contributed by atoms with Crippen LogP contribution in [-0.2, 0) is 9.84 Å². The molecule has 5 heteroatoms. The van der Waals surface area contributed by atoms with Crippen molar-refractivity contribution in [2.75, 3.05) is 6.54 Å². The summed E-state index contributed by atoms with van der Waals surface area (Å²) in [5.41, 5.74) is 0. The zero-order chi connectivity index (χ0) is 15.5. The van der Waals surface area contributed by atoms with Crippen LogP contribution in [0.5, 0.6) is 0 Å². The van der Waals surface area contributed by atoms with E-state index in [1.165, 1.54) is 18.2 Å². The molecule has 3 unspecified atom stereocenters. The lowest BCUT2D eigenvalue weighted by molar-refractivity contribution is 0.289. The van der Waals surface area contributed by atoms with Gasteiger partial charge < -0.3 is 5.32 Å². The second-order valence-electron chi connectivity index (χ2n) is 5.77. The van der Waals surface area contributed by atoms with Crippen LogP contribution >= 0.6 is 0 Å². The predicted molar refractivity (Wildman–Crippen MR) is 82.5 cm³/mol. The summed E-state index contributed by atoms with van der Waals surface area (Å²) < 4.78 is 39.7. The molecule has 0 bridgehead atoms. The van der Waals surface area contributed by atoms with E-state index in [-0.39, 0.29) is 10.9 Å². The third-order valence-electron chi connectivity index (χ3n) is 4.49. The third kappa shape index (κ3) is 3.46. The van der Waals surface area contributed by atoms with E-state index in [1.54, 1.807) is 6.07 Å². The van der Waals surface area contributed by atoms with Crippen molar-refractivity contribution in [1.82, 2.24) is 5.32 Å². The summed E-state index contributed by atoms with van der Waals surface area (Å²) in [6.45, 7) is 4.79. The molecule has 0 aromatic heterocycles. The van der Waals surface area contributed by atoms with Gasteiger partial charge in [0.15, 0.2) is 9.84 Å². The Morgan fingerprint density at radius 3 is 2.57 bits per heavy atom. The number of hydrogen-bond donors (Lipinski definition) is 1. The largest absolute Gasteiger partial charge is 0.313 e. The number of rotatable bonds is 5. The fourth-order valence-corrected chi connectivity index (χ4v) is 5.38. The van der Waals surface area contributed by atoms with Crippen LogP contribution in [0.4, 0.5) is 4.39 Å². The smallest absolute Gasteiger partial charge is 0.185 e. The van der Waals surface area contributed by atoms with Crippen LogP contribution in [-0.4, -0.2) is 26.3 Å². The molecule has 1 aliphatic rings. The Morgan fingerprint density at radius 1 is 1.24 bits per heavy atom. The Hall–Kier alpha value is -0.940. The van der Waals surface area contributed by atoms with Gasteiger partial charge in [-0.3, -0.25) is 0 Å². The minimum Gasteiger partial charge on any atom is -0.313 e. The van der Waals surface area contributed by atoms with E-state index in [4.69, 9.17) is 0 Å². The highest BCUT2D eigenvalue weighted by Gasteiger charge is 2.40. The molecule has 1 aliphatic carbocycles. The lowest BCUT2D eigenvalue weighted by atomic mass is 9.84. The highest BCUT2D eigenvalue weighted by atomic mass is 32.2. The topological polar surface area (TPSA) is 46.2 Å². The first-order chi connectivity index (χ1) is 10.0. The summed E-state index contributed by atoms with van der Waals surface area (Å²) in [5, 5.41) is 2.74. The standard InChI is InChI=1S/C16H24FNO2S/c1-3-12-9-10-14(18-4-2)16(11-12)21(19,20)15-8-6-5-7-13(15)17/h5-8,12,14,16,18H,3-4,9-11H2,1-2H3. The maximum Gasteiger partial charge on any atom is 0.185 e. The number of sulfone groups is 1. The highest BCUT2D eigenvalue weighted by Crippen LogP contribution is 2.34. The van der Waals surface area contributed by atoms with Crippen molar-refractivity contribution in [3.63, 3.8) is 0 Å². The van der Waals surface area contributed by atoms with Gasteiger partial charge in [0.2, 0.25) is 0 Å². The van der Waals surface area contributed by atoms with Gasteiger partial charge in [-0.05, 0) is 43.9 Å². The molecule has 3 nitrogen and oxygen atoms in total. The first-order valence-corrected chi connectivity index (χ1v) is 9.27. The molecule has 1 aromatic rings. The van der Waals surface area contributed by atoms with Gasteiger partial charge in [-0.15, -0.1) is 0 Å². The van der Waals surface area contributed by atoms with Crippen LogP contribution in [0.3, 0.4) is 0 Å². The van der Waals surface area contributed by atoms with Gasteiger partial charge in [-0.1, -0.05) is 32.4 Å². The summed E-state index contributed by atoms with van der Waals surface area (Å²) in [6.07, 6.45) is 3.47. The molecule has 1 fully saturated rings. The van der Waals surface area contributed by atoms with Crippen LogP contribution in [0, 0.1) is 11.7 Å². The van der Waals surface area contributed by atoms with Gasteiger partial charge in [0.1, 0.15) is 10.7 Å². The molecule has 1 saturated carbocycles. The summed E-state index contributed by atoms with van der Waals surface area (Å²) in [6, 6.07) is 5.62. The molecule has 0 radical (unpaired) electrons. The SMILES string of the molecule is CCNC1CCC(CC)CC1S(=O)(=O)c1ccccc1F. The van der Waals surface area contributed by atoms with Gasteiger partial charge in [0.25, 0.3) is 0 Å². The molecule has 2 rings (SSSR count). The molecule has 0 aliphatic heterocycles. The fraction of sp³-hybridized carbons (Fsp3) is 0.625. The second-order valence-corrected chi connectivity index (χ2v) is 7.90. The van der Waals surface area contributed by atoms with E-state index in [2.05, 4.69) is 12.2 Å². The van der Waals surface area contributed by atoms with E-state index >= 15 is 0 Å². The molecule has 0 spiro atoms. The molecule has 1 N–H and O–H groups in total. The molecule has 1 aromatic carbocycles. The average Bonchev–Trinajstić information content (AvgIpc) is 2.48. The van der Waals surface area contributed by atoms with Gasteiger partial charge >= 0.3 is 0 Å². The minimum absolute atomic E-state index is 0.0811. The Kier molecular flexibility index (Phi) is 5.38. The van der Waals surface area contributed by atoms with Crippen LogP contribution in [0.25, 0.3) is 0 Å². The minimum atomic E-state index is -3.64. The van der Waals surface area contributed by atoms with Crippen LogP contribution < -0.4 is 5.32 Å². The Labute approximate surface area is 126 Å². The summed E-state index contributed by atoms with van der Waals surface area (Å²) in [7, 11) is -3.64. The number of nitrogens with one attached hydrogen (secondary N) is 1. The van der Waals surface area contributed by atoms with Crippen LogP contribution in [0.1, 0.15) is 39.5 Å². The van der Waals surface area contributed by atoms with Crippen molar-refractivity contribution in [2.24, 2.45) is 5.92 Å². The van der Waals surface area contributed by atoms with Crippen molar-refractivity contribution in [2.45, 2.75) is 55.7 Å². The maximum atomic E-state index is 13.9. The summed E-state index contributed by atoms with van der Waals surface area (Å²) in [5.74, 6) is -0.238. The number of halogens is 1. The number of hydrogen-bond acceptors (Lipinski definition) is 3. The third-order valence-corrected chi connectivity index (χ3v) is 6.75. The molecular weight excluding hydrogens is 289 g/mol. The van der Waals surface area contributed by atoms with Gasteiger partial charge in [-0.2, -0.15) is 0 Å². The van der Waals surface area contributed by atoms with Crippen molar-refractivity contribution >= 4 is 9.84 Å². The maximum absolute atomic E-state index is 13.9. The average molecular weight is 313 g/mol. The zero-order valence-electron chi connectivity index (χ0n) is 12.7. The molecule has 0 amide bonds. The second kappa shape index (κ2) is 6.88. The Bertz CT molecular complexity index is 573. The van der Waals surface area contributed by atoms with Crippen molar-refractivity contribution in [1.29, 1.82) is 0 Å².